The van der Waals surface area contributed by atoms with Crippen LogP contribution in [0.15, 0.2) is 0 Å². The van der Waals surface area contributed by atoms with E-state index in [4.69, 9.17) is 5.73 Å². The minimum Gasteiger partial charge on any atom is -0.396 e. The van der Waals surface area contributed by atoms with E-state index in [0.29, 0.717) is 13.0 Å². The number of primary amides is 1. The second-order valence-corrected chi connectivity index (χ2v) is 6.63. The molecule has 6 nitrogen and oxygen atoms in total. The van der Waals surface area contributed by atoms with Crippen molar-refractivity contribution in [2.24, 2.45) is 17.1 Å². The molecule has 0 spiro atoms. The van der Waals surface area contributed by atoms with E-state index in [0.717, 1.165) is 25.7 Å². The summed E-state index contributed by atoms with van der Waals surface area (Å²) in [7, 11) is 0. The Bertz CT molecular complexity index is 352. The van der Waals surface area contributed by atoms with E-state index in [2.05, 4.69) is 10.6 Å². The number of hydrogen-bond acceptors (Lipinski definition) is 3. The number of rotatable bonds is 7. The molecule has 0 aromatic rings. The second kappa shape index (κ2) is 8.22. The van der Waals surface area contributed by atoms with Crippen molar-refractivity contribution in [1.82, 2.24) is 10.6 Å². The number of nitrogens with one attached hydrogen (secondary N) is 2. The van der Waals surface area contributed by atoms with Crippen LogP contribution in [0.1, 0.15) is 52.4 Å². The molecular weight excluding hydrogens is 270 g/mol. The zero-order valence-corrected chi connectivity index (χ0v) is 13.2. The van der Waals surface area contributed by atoms with Gasteiger partial charge in [-0.05, 0) is 25.2 Å². The van der Waals surface area contributed by atoms with Crippen LogP contribution in [0.25, 0.3) is 0 Å². The summed E-state index contributed by atoms with van der Waals surface area (Å²) in [6.07, 6.45) is 5.77. The number of hydrogen-bond donors (Lipinski definition) is 4. The van der Waals surface area contributed by atoms with E-state index in [-0.39, 0.29) is 23.8 Å². The van der Waals surface area contributed by atoms with Crippen molar-refractivity contribution >= 4 is 11.9 Å². The molecule has 6 heteroatoms. The maximum Gasteiger partial charge on any atom is 0.312 e. The Morgan fingerprint density at radius 3 is 2.33 bits per heavy atom. The quantitative estimate of drug-likeness (QED) is 0.566. The normalized spacial score (nSPS) is 19.0. The molecule has 0 saturated heterocycles. The molecule has 1 fully saturated rings. The largest absolute Gasteiger partial charge is 0.396 e. The van der Waals surface area contributed by atoms with Gasteiger partial charge in [0.25, 0.3) is 0 Å². The third kappa shape index (κ3) is 5.91. The van der Waals surface area contributed by atoms with Gasteiger partial charge in [-0.3, -0.25) is 4.79 Å². The highest BCUT2D eigenvalue weighted by Gasteiger charge is 2.32. The highest BCUT2D eigenvalue weighted by molar-refractivity contribution is 5.86. The lowest BCUT2D eigenvalue weighted by Gasteiger charge is -2.36. The molecule has 3 amide bonds. The number of carbonyl (C=O) groups excluding carboxylic acids is 2. The monoisotopic (exact) mass is 299 g/mol. The first-order valence-electron chi connectivity index (χ1n) is 7.83. The Kier molecular flexibility index (Phi) is 6.95. The van der Waals surface area contributed by atoms with Crippen molar-refractivity contribution in [2.45, 2.75) is 58.4 Å². The Hall–Kier alpha value is -1.30. The molecule has 1 saturated carbocycles. The molecule has 1 unspecified atom stereocenters. The summed E-state index contributed by atoms with van der Waals surface area (Å²) < 4.78 is 0. The topological polar surface area (TPSA) is 104 Å². The van der Waals surface area contributed by atoms with Crippen LogP contribution in [0.4, 0.5) is 4.79 Å². The van der Waals surface area contributed by atoms with Crippen molar-refractivity contribution in [1.29, 1.82) is 0 Å². The van der Waals surface area contributed by atoms with Gasteiger partial charge in [0.05, 0.1) is 6.61 Å². The molecule has 122 valence electrons. The Labute approximate surface area is 126 Å². The first kappa shape index (κ1) is 17.8. The molecule has 0 aliphatic heterocycles. The summed E-state index contributed by atoms with van der Waals surface area (Å²) >= 11 is 0. The minimum atomic E-state index is -0.690. The Balaban J connectivity index is 2.56. The van der Waals surface area contributed by atoms with E-state index >= 15 is 0 Å². The van der Waals surface area contributed by atoms with Gasteiger partial charge in [-0.1, -0.05) is 33.1 Å². The molecule has 0 bridgehead atoms. The van der Waals surface area contributed by atoms with Crippen LogP contribution in [-0.2, 0) is 4.79 Å². The van der Waals surface area contributed by atoms with Gasteiger partial charge >= 0.3 is 6.03 Å². The molecule has 1 aliphatic rings. The van der Waals surface area contributed by atoms with Crippen LogP contribution in [0, 0.1) is 11.3 Å². The lowest BCUT2D eigenvalue weighted by molar-refractivity contribution is -0.124. The molecule has 0 aromatic carbocycles. The molecule has 0 aromatic heterocycles. The number of urea groups is 1. The number of carbonyl (C=O) groups is 2. The van der Waals surface area contributed by atoms with E-state index < -0.39 is 12.1 Å². The zero-order valence-electron chi connectivity index (χ0n) is 13.2. The highest BCUT2D eigenvalue weighted by Crippen LogP contribution is 2.35. The van der Waals surface area contributed by atoms with Gasteiger partial charge in [0.1, 0.15) is 6.04 Å². The number of aliphatic hydroxyl groups excluding tert-OH is 1. The first-order chi connectivity index (χ1) is 9.88. The lowest BCUT2D eigenvalue weighted by Crippen LogP contribution is -2.51. The van der Waals surface area contributed by atoms with Gasteiger partial charge in [0.15, 0.2) is 0 Å². The second-order valence-electron chi connectivity index (χ2n) is 6.63. The number of aliphatic hydroxyl groups is 1. The third-order valence-corrected chi connectivity index (χ3v) is 4.23. The lowest BCUT2D eigenvalue weighted by atomic mass is 9.74. The zero-order chi connectivity index (χ0) is 15.9. The molecule has 21 heavy (non-hydrogen) atoms. The standard InChI is InChI=1S/C15H29N3O3/c1-11(2)8-12(18-14(16)21)13(20)17-9-15(10-19)6-4-3-5-7-15/h11-12,19H,3-10H2,1-2H3,(H,17,20)(H3,16,18,21). The van der Waals surface area contributed by atoms with E-state index in [1.807, 2.05) is 13.8 Å². The van der Waals surface area contributed by atoms with Crippen molar-refractivity contribution in [3.05, 3.63) is 0 Å². The molecule has 5 N–H and O–H groups in total. The smallest absolute Gasteiger partial charge is 0.312 e. The van der Waals surface area contributed by atoms with Gasteiger partial charge in [-0.2, -0.15) is 0 Å². The molecule has 1 atom stereocenters. The predicted molar refractivity (Wildman–Crippen MR) is 81.6 cm³/mol. The molecular formula is C15H29N3O3. The van der Waals surface area contributed by atoms with E-state index in [9.17, 15) is 14.7 Å². The number of nitrogens with two attached hydrogens (primary N) is 1. The van der Waals surface area contributed by atoms with Crippen molar-refractivity contribution < 1.29 is 14.7 Å². The van der Waals surface area contributed by atoms with Crippen LogP contribution < -0.4 is 16.4 Å². The fourth-order valence-corrected chi connectivity index (χ4v) is 2.97. The van der Waals surface area contributed by atoms with Crippen LogP contribution in [0.2, 0.25) is 0 Å². The first-order valence-corrected chi connectivity index (χ1v) is 7.83. The summed E-state index contributed by atoms with van der Waals surface area (Å²) in [5.74, 6) is 0.0509. The number of amides is 3. The highest BCUT2D eigenvalue weighted by atomic mass is 16.3. The Morgan fingerprint density at radius 2 is 1.86 bits per heavy atom. The average molecular weight is 299 g/mol. The molecule has 0 radical (unpaired) electrons. The molecule has 1 rings (SSSR count). The van der Waals surface area contributed by atoms with Gasteiger partial charge in [0.2, 0.25) is 5.91 Å². The SMILES string of the molecule is CC(C)CC(NC(N)=O)C(=O)NCC1(CO)CCCCC1. The fourth-order valence-electron chi connectivity index (χ4n) is 2.97. The van der Waals surface area contributed by atoms with Crippen molar-refractivity contribution in [2.75, 3.05) is 13.2 Å². The van der Waals surface area contributed by atoms with E-state index in [1.54, 1.807) is 0 Å². The maximum absolute atomic E-state index is 12.3. The van der Waals surface area contributed by atoms with Crippen LogP contribution >= 0.6 is 0 Å². The minimum absolute atomic E-state index is 0.0887. The summed E-state index contributed by atoms with van der Waals surface area (Å²) in [5, 5.41) is 15.0. The molecule has 1 aliphatic carbocycles. The molecule has 0 heterocycles. The summed E-state index contributed by atoms with van der Waals surface area (Å²) in [6, 6.07) is -1.30. The summed E-state index contributed by atoms with van der Waals surface area (Å²) in [6.45, 7) is 4.52. The summed E-state index contributed by atoms with van der Waals surface area (Å²) in [5.41, 5.74) is 4.92. The predicted octanol–water partition coefficient (Wildman–Crippen LogP) is 1.13. The van der Waals surface area contributed by atoms with Crippen LogP contribution in [0.5, 0.6) is 0 Å². The van der Waals surface area contributed by atoms with Crippen molar-refractivity contribution in [3.63, 3.8) is 0 Å². The fraction of sp³-hybridized carbons (Fsp3) is 0.867. The van der Waals surface area contributed by atoms with E-state index in [1.165, 1.54) is 6.42 Å². The van der Waals surface area contributed by atoms with Crippen LogP contribution in [-0.4, -0.2) is 36.2 Å². The van der Waals surface area contributed by atoms with Gasteiger partial charge in [-0.25, -0.2) is 4.79 Å². The average Bonchev–Trinajstić information content (AvgIpc) is 2.44. The van der Waals surface area contributed by atoms with Gasteiger partial charge in [0, 0.05) is 12.0 Å². The maximum atomic E-state index is 12.3. The van der Waals surface area contributed by atoms with Crippen LogP contribution in [0.3, 0.4) is 0 Å². The Morgan fingerprint density at radius 1 is 1.24 bits per heavy atom. The van der Waals surface area contributed by atoms with Gasteiger partial charge < -0.3 is 21.5 Å². The van der Waals surface area contributed by atoms with Crippen molar-refractivity contribution in [3.8, 4) is 0 Å². The van der Waals surface area contributed by atoms with Gasteiger partial charge in [-0.15, -0.1) is 0 Å². The third-order valence-electron chi connectivity index (χ3n) is 4.23. The summed E-state index contributed by atoms with van der Waals surface area (Å²) in [4.78, 5) is 23.3.